The third-order valence-electron chi connectivity index (χ3n) is 5.87. The first-order valence-electron chi connectivity index (χ1n) is 10.4. The predicted octanol–water partition coefficient (Wildman–Crippen LogP) is 0.587. The summed E-state index contributed by atoms with van der Waals surface area (Å²) >= 11 is 0. The SMILES string of the molecule is [B]C1(O)Cc2ncc(Nc3cc(C)ncc3F)cc2C(O)(O)N1c1nc2c(cc1C)C(=O)NC2. The Hall–Kier alpha value is -3.61. The van der Waals surface area contributed by atoms with Crippen LogP contribution in [0.4, 0.5) is 21.6 Å². The van der Waals surface area contributed by atoms with Gasteiger partial charge in [0.05, 0.1) is 52.8 Å². The Morgan fingerprint density at radius 2 is 1.91 bits per heavy atom. The molecule has 0 bridgehead atoms. The molecule has 1 atom stereocenters. The second-order valence-corrected chi connectivity index (χ2v) is 8.48. The maximum atomic E-state index is 14.2. The monoisotopic (exact) mass is 462 g/mol. The third-order valence-corrected chi connectivity index (χ3v) is 5.87. The maximum absolute atomic E-state index is 14.2. The molecular formula is C22H20BFN6O4. The summed E-state index contributed by atoms with van der Waals surface area (Å²) in [5.41, 5.74) is -0.0728. The van der Waals surface area contributed by atoms with Crippen molar-refractivity contribution in [2.24, 2.45) is 0 Å². The molecule has 0 saturated carbocycles. The second-order valence-electron chi connectivity index (χ2n) is 8.48. The van der Waals surface area contributed by atoms with Crippen LogP contribution in [0.5, 0.6) is 0 Å². The van der Waals surface area contributed by atoms with Crippen molar-refractivity contribution in [3.05, 3.63) is 70.2 Å². The van der Waals surface area contributed by atoms with Gasteiger partial charge >= 0.3 is 0 Å². The van der Waals surface area contributed by atoms with Crippen LogP contribution >= 0.6 is 0 Å². The molecule has 0 aliphatic carbocycles. The number of carbonyl (C=O) groups is 1. The van der Waals surface area contributed by atoms with Crippen LogP contribution in [0.2, 0.25) is 0 Å². The average molecular weight is 462 g/mol. The molecule has 34 heavy (non-hydrogen) atoms. The van der Waals surface area contributed by atoms with Gasteiger partial charge in [0.25, 0.3) is 11.8 Å². The van der Waals surface area contributed by atoms with E-state index in [1.807, 2.05) is 0 Å². The van der Waals surface area contributed by atoms with Gasteiger partial charge in [-0.3, -0.25) is 19.7 Å². The lowest BCUT2D eigenvalue weighted by molar-refractivity contribution is -0.198. The van der Waals surface area contributed by atoms with Crippen LogP contribution in [0.3, 0.4) is 0 Å². The zero-order valence-corrected chi connectivity index (χ0v) is 18.3. The van der Waals surface area contributed by atoms with Crippen molar-refractivity contribution in [1.82, 2.24) is 20.3 Å². The molecule has 0 aromatic carbocycles. The minimum atomic E-state index is -2.84. The molecule has 0 saturated heterocycles. The largest absolute Gasteiger partial charge is 0.380 e. The number of nitrogens with zero attached hydrogens (tertiary/aromatic N) is 4. The summed E-state index contributed by atoms with van der Waals surface area (Å²) < 4.78 is 14.2. The number of hydrogen-bond acceptors (Lipinski definition) is 9. The first-order chi connectivity index (χ1) is 16.0. The lowest BCUT2D eigenvalue weighted by Crippen LogP contribution is -2.65. The highest BCUT2D eigenvalue weighted by atomic mass is 19.1. The molecule has 3 aromatic heterocycles. The van der Waals surface area contributed by atoms with Gasteiger partial charge < -0.3 is 26.0 Å². The lowest BCUT2D eigenvalue weighted by Gasteiger charge is -2.50. The number of nitrogens with one attached hydrogen (secondary N) is 2. The topological polar surface area (TPSA) is 144 Å². The van der Waals surface area contributed by atoms with E-state index in [0.29, 0.717) is 22.5 Å². The Labute approximate surface area is 194 Å². The molecule has 5 N–H and O–H groups in total. The molecule has 1 unspecified atom stereocenters. The Balaban J connectivity index is 1.59. The van der Waals surface area contributed by atoms with Crippen LogP contribution in [0.15, 0.2) is 30.6 Å². The van der Waals surface area contributed by atoms with Crippen molar-refractivity contribution < 1.29 is 24.5 Å². The number of carbonyl (C=O) groups excluding carboxylic acids is 1. The molecule has 0 fully saturated rings. The van der Waals surface area contributed by atoms with E-state index in [9.17, 15) is 24.5 Å². The van der Waals surface area contributed by atoms with Gasteiger partial charge in [0.2, 0.25) is 0 Å². The lowest BCUT2D eigenvalue weighted by atomic mass is 9.78. The number of aliphatic hydroxyl groups is 3. The highest BCUT2D eigenvalue weighted by Gasteiger charge is 2.52. The Morgan fingerprint density at radius 1 is 1.15 bits per heavy atom. The molecule has 3 aromatic rings. The van der Waals surface area contributed by atoms with E-state index in [1.54, 1.807) is 19.9 Å². The highest BCUT2D eigenvalue weighted by molar-refractivity contribution is 6.16. The van der Waals surface area contributed by atoms with Crippen LogP contribution in [0.1, 0.15) is 38.6 Å². The molecular weight excluding hydrogens is 442 g/mol. The number of rotatable bonds is 3. The first-order valence-corrected chi connectivity index (χ1v) is 10.4. The van der Waals surface area contributed by atoms with Crippen LogP contribution in [-0.2, 0) is 18.9 Å². The number of anilines is 3. The van der Waals surface area contributed by atoms with Gasteiger partial charge in [-0.05, 0) is 37.6 Å². The molecule has 5 heterocycles. The maximum Gasteiger partial charge on any atom is 0.279 e. The number of fused-ring (bicyclic) bond motifs is 2. The zero-order valence-electron chi connectivity index (χ0n) is 18.3. The van der Waals surface area contributed by atoms with Gasteiger partial charge in [0.15, 0.2) is 5.82 Å². The minimum absolute atomic E-state index is 0.00920. The highest BCUT2D eigenvalue weighted by Crippen LogP contribution is 2.42. The van der Waals surface area contributed by atoms with E-state index in [2.05, 4.69) is 25.6 Å². The minimum Gasteiger partial charge on any atom is -0.380 e. The fourth-order valence-electron chi connectivity index (χ4n) is 4.29. The smallest absolute Gasteiger partial charge is 0.279 e. The molecule has 5 rings (SSSR count). The van der Waals surface area contributed by atoms with E-state index >= 15 is 0 Å². The number of hydrogen-bond donors (Lipinski definition) is 5. The molecule has 2 aliphatic heterocycles. The van der Waals surface area contributed by atoms with Crippen molar-refractivity contribution in [2.45, 2.75) is 38.3 Å². The Kier molecular flexibility index (Phi) is 4.87. The normalized spacial score (nSPS) is 20.5. The standard InChI is InChI=1S/C22H20BFN6O4/c1-10-3-13-18(9-27-20(13)31)29-19(10)30-21(23,32)6-17-14(22(30,33)34)5-12(7-26-17)28-16-4-11(2)25-8-15(16)24/h3-5,7-8,32-34H,6,9H2,1-2H3,(H,25,28)(H,27,31). The summed E-state index contributed by atoms with van der Waals surface area (Å²) in [6.07, 6.45) is 2.18. The number of halogens is 1. The number of amides is 1. The van der Waals surface area contributed by atoms with E-state index in [1.165, 1.54) is 18.3 Å². The van der Waals surface area contributed by atoms with E-state index in [0.717, 1.165) is 11.1 Å². The van der Waals surface area contributed by atoms with Crippen LogP contribution in [0, 0.1) is 19.7 Å². The number of pyridine rings is 3. The van der Waals surface area contributed by atoms with Crippen molar-refractivity contribution in [3.63, 3.8) is 0 Å². The van der Waals surface area contributed by atoms with Crippen LogP contribution in [0.25, 0.3) is 0 Å². The summed E-state index contributed by atoms with van der Waals surface area (Å²) in [6.45, 7) is 3.48. The molecule has 1 amide bonds. The molecule has 2 aliphatic rings. The fourth-order valence-corrected chi connectivity index (χ4v) is 4.29. The van der Waals surface area contributed by atoms with Crippen LogP contribution < -0.4 is 15.5 Å². The molecule has 2 radical (unpaired) electrons. The van der Waals surface area contributed by atoms with Crippen molar-refractivity contribution in [1.29, 1.82) is 0 Å². The van der Waals surface area contributed by atoms with Crippen molar-refractivity contribution in [2.75, 3.05) is 10.2 Å². The van der Waals surface area contributed by atoms with Gasteiger partial charge in [0.1, 0.15) is 19.3 Å². The van der Waals surface area contributed by atoms with Gasteiger partial charge in [0, 0.05) is 12.1 Å². The third kappa shape index (κ3) is 3.47. The van der Waals surface area contributed by atoms with Gasteiger partial charge in [-0.1, -0.05) is 0 Å². The van der Waals surface area contributed by atoms with Gasteiger partial charge in [-0.15, -0.1) is 0 Å². The average Bonchev–Trinajstić information content (AvgIpc) is 3.10. The molecule has 0 spiro atoms. The summed E-state index contributed by atoms with van der Waals surface area (Å²) in [4.78, 5) is 25.2. The molecule has 172 valence electrons. The molecule has 10 nitrogen and oxygen atoms in total. The van der Waals surface area contributed by atoms with E-state index < -0.39 is 17.4 Å². The van der Waals surface area contributed by atoms with E-state index in [-0.39, 0.29) is 47.3 Å². The Bertz CT molecular complexity index is 1350. The van der Waals surface area contributed by atoms with Gasteiger partial charge in [-0.2, -0.15) is 0 Å². The van der Waals surface area contributed by atoms with E-state index in [4.69, 9.17) is 7.85 Å². The van der Waals surface area contributed by atoms with Gasteiger partial charge in [-0.25, -0.2) is 9.37 Å². The summed E-state index contributed by atoms with van der Waals surface area (Å²) in [5, 5.41) is 39.0. The first kappa shape index (κ1) is 22.2. The molecule has 12 heteroatoms. The van der Waals surface area contributed by atoms with Crippen molar-refractivity contribution >= 4 is 30.9 Å². The van der Waals surface area contributed by atoms with Crippen molar-refractivity contribution in [3.8, 4) is 0 Å². The summed E-state index contributed by atoms with van der Waals surface area (Å²) in [7, 11) is 6.11. The Morgan fingerprint density at radius 3 is 2.68 bits per heavy atom. The second kappa shape index (κ2) is 7.45. The predicted molar refractivity (Wildman–Crippen MR) is 120 cm³/mol. The zero-order chi connectivity index (χ0) is 24.4. The quantitative estimate of drug-likeness (QED) is 0.279. The summed E-state index contributed by atoms with van der Waals surface area (Å²) in [5.74, 6) is -3.73. The summed E-state index contributed by atoms with van der Waals surface area (Å²) in [6, 6.07) is 4.43. The number of aromatic nitrogens is 3. The van der Waals surface area contributed by atoms with Crippen LogP contribution in [-0.4, -0.2) is 49.6 Å². The fraction of sp³-hybridized carbons (Fsp3) is 0.273. The number of aryl methyl sites for hydroxylation is 2.